The molecule has 1 rings (SSSR count). The van der Waals surface area contributed by atoms with Crippen molar-refractivity contribution in [3.63, 3.8) is 0 Å². The Morgan fingerprint density at radius 2 is 1.44 bits per heavy atom. The first-order valence-electron chi connectivity index (χ1n) is 17.6. The molecule has 0 aromatic heterocycles. The van der Waals surface area contributed by atoms with Gasteiger partial charge in [0.2, 0.25) is 11.8 Å². The average Bonchev–Trinajstić information content (AvgIpc) is 3.05. The fourth-order valence-electron chi connectivity index (χ4n) is 5.14. The number of benzene rings is 1. The number of unbranched alkanes of at least 4 members (excludes halogenated alkanes) is 9. The van der Waals surface area contributed by atoms with Gasteiger partial charge in [-0.05, 0) is 63.5 Å². The Balaban J connectivity index is 2.40. The predicted octanol–water partition coefficient (Wildman–Crippen LogP) is 5.73. The van der Waals surface area contributed by atoms with Crippen LogP contribution in [-0.4, -0.2) is 55.8 Å². The van der Waals surface area contributed by atoms with Crippen LogP contribution in [-0.2, 0) is 30.5 Å². The van der Waals surface area contributed by atoms with E-state index in [4.69, 9.17) is 10.5 Å². The quantitative estimate of drug-likeness (QED) is 0.0503. The Kier molecular flexibility index (Phi) is 24.6. The molecule has 3 atom stereocenters. The summed E-state index contributed by atoms with van der Waals surface area (Å²) in [6, 6.07) is 8.19. The van der Waals surface area contributed by atoms with Crippen molar-refractivity contribution in [1.29, 1.82) is 0 Å². The predicted molar refractivity (Wildman–Crippen MR) is 181 cm³/mol. The third-order valence-electron chi connectivity index (χ3n) is 8.05. The van der Waals surface area contributed by atoms with E-state index in [2.05, 4.69) is 29.8 Å². The molecule has 3 unspecified atom stereocenters. The summed E-state index contributed by atoms with van der Waals surface area (Å²) in [5, 5.41) is 9.31. The summed E-state index contributed by atoms with van der Waals surface area (Å²) >= 11 is 0. The Labute approximate surface area is 272 Å². The zero-order valence-electron chi connectivity index (χ0n) is 28.2. The maximum Gasteiger partial charge on any atom is 0.323 e. The van der Waals surface area contributed by atoms with Gasteiger partial charge >= 0.3 is 5.97 Å². The van der Waals surface area contributed by atoms with Gasteiger partial charge < -0.3 is 31.2 Å². The summed E-state index contributed by atoms with van der Waals surface area (Å²) in [4.78, 5) is 49.3. The van der Waals surface area contributed by atoms with Crippen LogP contribution in [0.5, 0.6) is 0 Å². The minimum absolute atomic E-state index is 0.0477. The average molecular weight is 631 g/mol. The van der Waals surface area contributed by atoms with E-state index in [0.717, 1.165) is 69.8 Å². The SMILES string of the molecule is CCCCCCCC(=O)NC(CCCCNCC(C=O)CCCCCC)C(=O)NCCCCC(N)C(=O)OCc1ccccc1. The van der Waals surface area contributed by atoms with Crippen molar-refractivity contribution in [2.75, 3.05) is 19.6 Å². The normalized spacial score (nSPS) is 13.0. The number of esters is 1. The van der Waals surface area contributed by atoms with E-state index < -0.39 is 18.1 Å². The number of amides is 2. The molecule has 0 spiro atoms. The van der Waals surface area contributed by atoms with Gasteiger partial charge in [-0.25, -0.2) is 0 Å². The largest absolute Gasteiger partial charge is 0.460 e. The van der Waals surface area contributed by atoms with E-state index in [1.165, 1.54) is 25.7 Å². The number of hydrogen-bond donors (Lipinski definition) is 4. The highest BCUT2D eigenvalue weighted by atomic mass is 16.5. The number of nitrogens with two attached hydrogens (primary N) is 1. The molecule has 0 heterocycles. The lowest BCUT2D eigenvalue weighted by Crippen LogP contribution is -2.47. The molecular formula is C36H62N4O5. The molecule has 1 aromatic rings. The van der Waals surface area contributed by atoms with Crippen LogP contribution in [0, 0.1) is 5.92 Å². The topological polar surface area (TPSA) is 140 Å². The van der Waals surface area contributed by atoms with Crippen LogP contribution >= 0.6 is 0 Å². The Morgan fingerprint density at radius 3 is 2.16 bits per heavy atom. The van der Waals surface area contributed by atoms with Crippen LogP contribution in [0.3, 0.4) is 0 Å². The summed E-state index contributed by atoms with van der Waals surface area (Å²) in [5.41, 5.74) is 6.92. The first-order chi connectivity index (χ1) is 21.9. The summed E-state index contributed by atoms with van der Waals surface area (Å²) < 4.78 is 5.31. The molecule has 0 aliphatic heterocycles. The standard InChI is InChI=1S/C36H62N4O5/c1-3-5-7-9-14-24-34(42)40-33(23-16-17-25-38-27-31(28-41)21-11-8-6-4-2)35(43)39-26-18-15-22-32(37)36(44)45-29-30-19-12-10-13-20-30/h10,12-13,19-20,28,31-33,38H,3-9,11,14-18,21-27,29,37H2,1-2H3,(H,39,43)(H,40,42). The number of aldehydes is 1. The molecule has 45 heavy (non-hydrogen) atoms. The molecule has 0 bridgehead atoms. The second-order valence-corrected chi connectivity index (χ2v) is 12.2. The minimum Gasteiger partial charge on any atom is -0.460 e. The second kappa shape index (κ2) is 27.5. The van der Waals surface area contributed by atoms with Gasteiger partial charge in [-0.2, -0.15) is 0 Å². The van der Waals surface area contributed by atoms with Gasteiger partial charge in [0.05, 0.1) is 0 Å². The van der Waals surface area contributed by atoms with Gasteiger partial charge in [0.1, 0.15) is 25.0 Å². The van der Waals surface area contributed by atoms with Crippen LogP contribution < -0.4 is 21.7 Å². The number of carbonyl (C=O) groups excluding carboxylic acids is 4. The zero-order chi connectivity index (χ0) is 33.0. The molecule has 1 aromatic carbocycles. The van der Waals surface area contributed by atoms with Crippen molar-refractivity contribution in [1.82, 2.24) is 16.0 Å². The number of ether oxygens (including phenoxy) is 1. The van der Waals surface area contributed by atoms with E-state index in [-0.39, 0.29) is 24.3 Å². The number of carbonyl (C=O) groups is 4. The molecule has 256 valence electrons. The highest BCUT2D eigenvalue weighted by Gasteiger charge is 2.20. The zero-order valence-corrected chi connectivity index (χ0v) is 28.2. The molecule has 0 radical (unpaired) electrons. The van der Waals surface area contributed by atoms with Gasteiger partial charge in [0.15, 0.2) is 0 Å². The van der Waals surface area contributed by atoms with Crippen LogP contribution in [0.15, 0.2) is 30.3 Å². The van der Waals surface area contributed by atoms with E-state index in [1.54, 1.807) is 0 Å². The molecule has 0 fully saturated rings. The third-order valence-corrected chi connectivity index (χ3v) is 8.05. The van der Waals surface area contributed by atoms with E-state index in [9.17, 15) is 19.2 Å². The highest BCUT2D eigenvalue weighted by molar-refractivity contribution is 5.87. The lowest BCUT2D eigenvalue weighted by Gasteiger charge is -2.19. The fourth-order valence-corrected chi connectivity index (χ4v) is 5.14. The van der Waals surface area contributed by atoms with Crippen molar-refractivity contribution in [3.8, 4) is 0 Å². The maximum atomic E-state index is 13.0. The monoisotopic (exact) mass is 630 g/mol. The van der Waals surface area contributed by atoms with Crippen LogP contribution in [0.4, 0.5) is 0 Å². The Morgan fingerprint density at radius 1 is 0.800 bits per heavy atom. The third kappa shape index (κ3) is 21.6. The van der Waals surface area contributed by atoms with Gasteiger partial charge in [-0.1, -0.05) is 95.5 Å². The van der Waals surface area contributed by atoms with E-state index in [1.807, 2.05) is 30.3 Å². The minimum atomic E-state index is -0.703. The van der Waals surface area contributed by atoms with Gasteiger partial charge in [-0.15, -0.1) is 0 Å². The smallest absolute Gasteiger partial charge is 0.323 e. The first-order valence-corrected chi connectivity index (χ1v) is 17.6. The molecule has 9 heteroatoms. The summed E-state index contributed by atoms with van der Waals surface area (Å²) in [7, 11) is 0. The Bertz CT molecular complexity index is 914. The molecule has 0 aliphatic rings. The van der Waals surface area contributed by atoms with Crippen molar-refractivity contribution in [2.45, 2.75) is 142 Å². The summed E-state index contributed by atoms with van der Waals surface area (Å²) in [5.74, 6) is -0.640. The van der Waals surface area contributed by atoms with Crippen LogP contribution in [0.2, 0.25) is 0 Å². The maximum absolute atomic E-state index is 13.0. The highest BCUT2D eigenvalue weighted by Crippen LogP contribution is 2.10. The molecule has 0 aliphatic carbocycles. The van der Waals surface area contributed by atoms with Gasteiger partial charge in [0, 0.05) is 25.4 Å². The molecule has 2 amide bonds. The van der Waals surface area contributed by atoms with Crippen LogP contribution in [0.1, 0.15) is 129 Å². The van der Waals surface area contributed by atoms with Crippen LogP contribution in [0.25, 0.3) is 0 Å². The van der Waals surface area contributed by atoms with Crippen molar-refractivity contribution < 1.29 is 23.9 Å². The number of nitrogens with one attached hydrogen (secondary N) is 3. The van der Waals surface area contributed by atoms with Gasteiger partial charge in [0.25, 0.3) is 0 Å². The molecule has 0 saturated carbocycles. The molecule has 9 nitrogen and oxygen atoms in total. The lowest BCUT2D eigenvalue weighted by molar-refractivity contribution is -0.146. The molecular weight excluding hydrogens is 568 g/mol. The molecule has 0 saturated heterocycles. The summed E-state index contributed by atoms with van der Waals surface area (Å²) in [6.45, 7) is 6.44. The first kappa shape index (κ1) is 40.2. The fraction of sp³-hybridized carbons (Fsp3) is 0.722. The van der Waals surface area contributed by atoms with Crippen molar-refractivity contribution in [3.05, 3.63) is 35.9 Å². The van der Waals surface area contributed by atoms with Gasteiger partial charge in [-0.3, -0.25) is 14.4 Å². The number of hydrogen-bond acceptors (Lipinski definition) is 7. The van der Waals surface area contributed by atoms with E-state index >= 15 is 0 Å². The molecule has 5 N–H and O–H groups in total. The van der Waals surface area contributed by atoms with Crippen molar-refractivity contribution in [2.24, 2.45) is 11.7 Å². The lowest BCUT2D eigenvalue weighted by atomic mass is 10.0. The number of rotatable bonds is 29. The second-order valence-electron chi connectivity index (χ2n) is 12.2. The summed E-state index contributed by atoms with van der Waals surface area (Å²) in [6.07, 6.45) is 16.4. The Hall–Kier alpha value is -2.78. The van der Waals surface area contributed by atoms with Crippen molar-refractivity contribution >= 4 is 24.1 Å². The van der Waals surface area contributed by atoms with E-state index in [0.29, 0.717) is 45.2 Å².